The SMILES string of the molecule is Nc1cc2ncccc2cc1C(=O)O. The summed E-state index contributed by atoms with van der Waals surface area (Å²) in [5.74, 6) is -1.02. The highest BCUT2D eigenvalue weighted by atomic mass is 16.4. The fourth-order valence-corrected chi connectivity index (χ4v) is 1.32. The number of nitrogens with two attached hydrogens (primary N) is 1. The monoisotopic (exact) mass is 188 g/mol. The van der Waals surface area contributed by atoms with Gasteiger partial charge in [0.05, 0.1) is 11.1 Å². The van der Waals surface area contributed by atoms with Gasteiger partial charge < -0.3 is 10.8 Å². The van der Waals surface area contributed by atoms with E-state index in [9.17, 15) is 4.79 Å². The smallest absolute Gasteiger partial charge is 0.337 e. The van der Waals surface area contributed by atoms with Crippen molar-refractivity contribution < 1.29 is 9.90 Å². The van der Waals surface area contributed by atoms with Crippen LogP contribution in [0.3, 0.4) is 0 Å². The lowest BCUT2D eigenvalue weighted by atomic mass is 10.1. The Labute approximate surface area is 80.0 Å². The van der Waals surface area contributed by atoms with Crippen LogP contribution in [0.2, 0.25) is 0 Å². The van der Waals surface area contributed by atoms with E-state index in [1.165, 1.54) is 6.07 Å². The highest BCUT2D eigenvalue weighted by Gasteiger charge is 2.08. The van der Waals surface area contributed by atoms with E-state index in [0.29, 0.717) is 5.52 Å². The Morgan fingerprint density at radius 2 is 2.21 bits per heavy atom. The minimum absolute atomic E-state index is 0.116. The molecular formula is C10H8N2O2. The first-order chi connectivity index (χ1) is 6.68. The molecule has 1 heterocycles. The van der Waals surface area contributed by atoms with Gasteiger partial charge in [0.15, 0.2) is 0 Å². The highest BCUT2D eigenvalue weighted by Crippen LogP contribution is 2.19. The van der Waals surface area contributed by atoms with E-state index in [-0.39, 0.29) is 11.3 Å². The molecule has 1 aromatic carbocycles. The molecule has 2 aromatic rings. The number of hydrogen-bond donors (Lipinski definition) is 2. The van der Waals surface area contributed by atoms with Crippen molar-refractivity contribution in [2.75, 3.05) is 5.73 Å². The summed E-state index contributed by atoms with van der Waals surface area (Å²) in [7, 11) is 0. The molecule has 4 heteroatoms. The van der Waals surface area contributed by atoms with E-state index in [1.807, 2.05) is 0 Å². The van der Waals surface area contributed by atoms with E-state index in [4.69, 9.17) is 10.8 Å². The highest BCUT2D eigenvalue weighted by molar-refractivity contribution is 5.99. The molecule has 0 amide bonds. The molecular weight excluding hydrogens is 180 g/mol. The molecule has 0 aliphatic heterocycles. The van der Waals surface area contributed by atoms with Crippen LogP contribution in [-0.4, -0.2) is 16.1 Å². The minimum atomic E-state index is -1.02. The number of rotatable bonds is 1. The van der Waals surface area contributed by atoms with Crippen molar-refractivity contribution in [3.05, 3.63) is 36.0 Å². The van der Waals surface area contributed by atoms with Gasteiger partial charge in [-0.05, 0) is 18.2 Å². The molecule has 0 radical (unpaired) electrons. The zero-order valence-corrected chi connectivity index (χ0v) is 7.27. The molecule has 0 unspecified atom stereocenters. The van der Waals surface area contributed by atoms with Crippen LogP contribution >= 0.6 is 0 Å². The van der Waals surface area contributed by atoms with Gasteiger partial charge in [-0.15, -0.1) is 0 Å². The first kappa shape index (κ1) is 8.50. The van der Waals surface area contributed by atoms with E-state index in [0.717, 1.165) is 5.39 Å². The summed E-state index contributed by atoms with van der Waals surface area (Å²) in [6.45, 7) is 0. The number of aromatic nitrogens is 1. The molecule has 4 nitrogen and oxygen atoms in total. The molecule has 3 N–H and O–H groups in total. The van der Waals surface area contributed by atoms with Gasteiger partial charge in [0.25, 0.3) is 0 Å². The van der Waals surface area contributed by atoms with Crippen LogP contribution in [0.5, 0.6) is 0 Å². The van der Waals surface area contributed by atoms with Gasteiger partial charge in [0.1, 0.15) is 0 Å². The number of pyridine rings is 1. The van der Waals surface area contributed by atoms with Gasteiger partial charge in [0.2, 0.25) is 0 Å². The molecule has 1 aromatic heterocycles. The molecule has 0 fully saturated rings. The van der Waals surface area contributed by atoms with E-state index in [2.05, 4.69) is 4.98 Å². The average Bonchev–Trinajstić information content (AvgIpc) is 2.16. The third kappa shape index (κ3) is 1.26. The van der Waals surface area contributed by atoms with Crippen LogP contribution in [0.25, 0.3) is 10.9 Å². The maximum Gasteiger partial charge on any atom is 0.337 e. The fourth-order valence-electron chi connectivity index (χ4n) is 1.32. The zero-order valence-electron chi connectivity index (χ0n) is 7.27. The van der Waals surface area contributed by atoms with Gasteiger partial charge in [-0.1, -0.05) is 6.07 Å². The predicted molar refractivity (Wildman–Crippen MR) is 53.1 cm³/mol. The van der Waals surface area contributed by atoms with Gasteiger partial charge in [-0.3, -0.25) is 4.98 Å². The second kappa shape index (κ2) is 2.99. The van der Waals surface area contributed by atoms with Crippen molar-refractivity contribution in [2.24, 2.45) is 0 Å². The fraction of sp³-hybridized carbons (Fsp3) is 0. The first-order valence-corrected chi connectivity index (χ1v) is 4.06. The number of carbonyl (C=O) groups is 1. The summed E-state index contributed by atoms with van der Waals surface area (Å²) >= 11 is 0. The summed E-state index contributed by atoms with van der Waals surface area (Å²) in [5, 5.41) is 9.60. The summed E-state index contributed by atoms with van der Waals surface area (Å²) in [6.07, 6.45) is 1.64. The van der Waals surface area contributed by atoms with Gasteiger partial charge in [0, 0.05) is 17.3 Å². The van der Waals surface area contributed by atoms with E-state index >= 15 is 0 Å². The summed E-state index contributed by atoms with van der Waals surface area (Å²) in [4.78, 5) is 14.8. The van der Waals surface area contributed by atoms with Crippen molar-refractivity contribution in [3.63, 3.8) is 0 Å². The van der Waals surface area contributed by atoms with Gasteiger partial charge >= 0.3 is 5.97 Å². The number of nitrogen functional groups attached to an aromatic ring is 1. The second-order valence-electron chi connectivity index (χ2n) is 2.94. The largest absolute Gasteiger partial charge is 0.478 e. The van der Waals surface area contributed by atoms with E-state index in [1.54, 1.807) is 24.4 Å². The van der Waals surface area contributed by atoms with Crippen LogP contribution in [0.15, 0.2) is 30.5 Å². The molecule has 0 saturated heterocycles. The van der Waals surface area contributed by atoms with Gasteiger partial charge in [-0.2, -0.15) is 0 Å². The number of nitrogens with zero attached hydrogens (tertiary/aromatic N) is 1. The molecule has 0 aliphatic carbocycles. The Hall–Kier alpha value is -2.10. The molecule has 0 spiro atoms. The van der Waals surface area contributed by atoms with Crippen molar-refractivity contribution >= 4 is 22.6 Å². The molecule has 2 rings (SSSR count). The van der Waals surface area contributed by atoms with Crippen molar-refractivity contribution in [2.45, 2.75) is 0 Å². The Morgan fingerprint density at radius 3 is 2.93 bits per heavy atom. The van der Waals surface area contributed by atoms with Crippen LogP contribution in [-0.2, 0) is 0 Å². The first-order valence-electron chi connectivity index (χ1n) is 4.06. The zero-order chi connectivity index (χ0) is 10.1. The number of carboxylic acids is 1. The lowest BCUT2D eigenvalue weighted by Crippen LogP contribution is -2.02. The summed E-state index contributed by atoms with van der Waals surface area (Å²) in [5.41, 5.74) is 6.63. The molecule has 70 valence electrons. The van der Waals surface area contributed by atoms with Gasteiger partial charge in [-0.25, -0.2) is 4.79 Å². The number of aromatic carboxylic acids is 1. The normalized spacial score (nSPS) is 10.3. The Kier molecular flexibility index (Phi) is 1.81. The lowest BCUT2D eigenvalue weighted by molar-refractivity contribution is 0.0698. The van der Waals surface area contributed by atoms with Crippen molar-refractivity contribution in [1.82, 2.24) is 4.98 Å². The van der Waals surface area contributed by atoms with Crippen LogP contribution in [0.1, 0.15) is 10.4 Å². The van der Waals surface area contributed by atoms with E-state index < -0.39 is 5.97 Å². The predicted octanol–water partition coefficient (Wildman–Crippen LogP) is 1.52. The number of hydrogen-bond acceptors (Lipinski definition) is 3. The van der Waals surface area contributed by atoms with Crippen LogP contribution in [0.4, 0.5) is 5.69 Å². The average molecular weight is 188 g/mol. The topological polar surface area (TPSA) is 76.2 Å². The maximum atomic E-state index is 10.8. The minimum Gasteiger partial charge on any atom is -0.478 e. The molecule has 0 atom stereocenters. The number of carboxylic acid groups (broad SMARTS) is 1. The maximum absolute atomic E-state index is 10.8. The summed E-state index contributed by atoms with van der Waals surface area (Å²) < 4.78 is 0. The quantitative estimate of drug-likeness (QED) is 0.665. The second-order valence-corrected chi connectivity index (χ2v) is 2.94. The Bertz CT molecular complexity index is 508. The third-order valence-electron chi connectivity index (χ3n) is 2.00. The number of anilines is 1. The molecule has 14 heavy (non-hydrogen) atoms. The van der Waals surface area contributed by atoms with Crippen LogP contribution < -0.4 is 5.73 Å². The Balaban J connectivity index is 2.77. The lowest BCUT2D eigenvalue weighted by Gasteiger charge is -2.02. The standard InChI is InChI=1S/C10H8N2O2/c11-8-5-9-6(2-1-3-12-9)4-7(8)10(13)14/h1-5H,11H2,(H,13,14). The molecule has 0 saturated carbocycles. The van der Waals surface area contributed by atoms with Crippen molar-refractivity contribution in [3.8, 4) is 0 Å². The Morgan fingerprint density at radius 1 is 1.43 bits per heavy atom. The third-order valence-corrected chi connectivity index (χ3v) is 2.00. The molecule has 0 aliphatic rings. The van der Waals surface area contributed by atoms with Crippen molar-refractivity contribution in [1.29, 1.82) is 0 Å². The number of benzene rings is 1. The summed E-state index contributed by atoms with van der Waals surface area (Å²) in [6, 6.07) is 6.65. The van der Waals surface area contributed by atoms with Crippen LogP contribution in [0, 0.1) is 0 Å². The number of fused-ring (bicyclic) bond motifs is 1. The molecule has 0 bridgehead atoms.